The minimum absolute atomic E-state index is 0.0311. The van der Waals surface area contributed by atoms with Gasteiger partial charge in [-0.15, -0.1) is 11.3 Å². The van der Waals surface area contributed by atoms with Crippen LogP contribution < -0.4 is 11.1 Å². The molecule has 0 fully saturated rings. The molecule has 0 saturated carbocycles. The maximum Gasteiger partial charge on any atom is 0.267 e. The van der Waals surface area contributed by atoms with Gasteiger partial charge in [-0.05, 0) is 12.5 Å². The van der Waals surface area contributed by atoms with Gasteiger partial charge < -0.3 is 11.1 Å². The number of amides is 2. The monoisotopic (exact) mass is 355 g/mol. The standard InChI is InChI=1S/C17H17N5O2S/c1-11-16(25-15(20-11)7-12-5-3-2-4-6-12)17(24)21-13-8-19-22(9-13)10-14(18)23/h2-6,8-9H,7,10H2,1H3,(H2,18,23)(H,21,24). The number of anilines is 1. The van der Waals surface area contributed by atoms with E-state index in [1.54, 1.807) is 6.20 Å². The molecule has 128 valence electrons. The minimum atomic E-state index is -0.496. The van der Waals surface area contributed by atoms with E-state index in [-0.39, 0.29) is 12.5 Å². The molecule has 2 amide bonds. The van der Waals surface area contributed by atoms with Crippen LogP contribution in [0.4, 0.5) is 5.69 Å². The van der Waals surface area contributed by atoms with E-state index in [0.29, 0.717) is 22.7 Å². The largest absolute Gasteiger partial charge is 0.368 e. The van der Waals surface area contributed by atoms with Gasteiger partial charge in [0.1, 0.15) is 11.4 Å². The van der Waals surface area contributed by atoms with Crippen molar-refractivity contribution in [1.29, 1.82) is 0 Å². The van der Waals surface area contributed by atoms with Gasteiger partial charge >= 0.3 is 0 Å². The van der Waals surface area contributed by atoms with Crippen molar-refractivity contribution in [3.63, 3.8) is 0 Å². The predicted molar refractivity (Wildman–Crippen MR) is 95.5 cm³/mol. The first-order chi connectivity index (χ1) is 12.0. The normalized spacial score (nSPS) is 10.6. The van der Waals surface area contributed by atoms with Crippen molar-refractivity contribution in [1.82, 2.24) is 14.8 Å². The molecule has 3 aromatic rings. The number of benzene rings is 1. The second-order valence-corrected chi connectivity index (χ2v) is 6.62. The van der Waals surface area contributed by atoms with Gasteiger partial charge in [-0.2, -0.15) is 5.10 Å². The Morgan fingerprint density at radius 2 is 2.04 bits per heavy atom. The third-order valence-electron chi connectivity index (χ3n) is 3.45. The van der Waals surface area contributed by atoms with Crippen molar-refractivity contribution in [2.75, 3.05) is 5.32 Å². The average Bonchev–Trinajstić information content (AvgIpc) is 3.14. The van der Waals surface area contributed by atoms with Gasteiger partial charge in [0, 0.05) is 12.6 Å². The van der Waals surface area contributed by atoms with Crippen LogP contribution in [0.15, 0.2) is 42.7 Å². The number of hydrogen-bond acceptors (Lipinski definition) is 5. The number of primary amides is 1. The number of thiazole rings is 1. The van der Waals surface area contributed by atoms with Crippen molar-refractivity contribution in [3.05, 3.63) is 63.9 Å². The van der Waals surface area contributed by atoms with Gasteiger partial charge in [0.2, 0.25) is 5.91 Å². The summed E-state index contributed by atoms with van der Waals surface area (Å²) in [7, 11) is 0. The fraction of sp³-hybridized carbons (Fsp3) is 0.176. The van der Waals surface area contributed by atoms with Gasteiger partial charge in [-0.3, -0.25) is 14.3 Å². The van der Waals surface area contributed by atoms with E-state index in [0.717, 1.165) is 10.6 Å². The molecule has 8 heteroatoms. The lowest BCUT2D eigenvalue weighted by Gasteiger charge is -2.00. The lowest BCUT2D eigenvalue weighted by atomic mass is 10.2. The molecule has 0 aliphatic carbocycles. The Labute approximate surface area is 148 Å². The molecule has 3 N–H and O–H groups in total. The summed E-state index contributed by atoms with van der Waals surface area (Å²) in [6.07, 6.45) is 3.72. The lowest BCUT2D eigenvalue weighted by molar-refractivity contribution is -0.118. The molecule has 1 aromatic carbocycles. The Hall–Kier alpha value is -3.00. The number of nitrogens with zero attached hydrogens (tertiary/aromatic N) is 3. The SMILES string of the molecule is Cc1nc(Cc2ccccc2)sc1C(=O)Nc1cnn(CC(N)=O)c1. The molecule has 0 atom stereocenters. The quantitative estimate of drug-likeness (QED) is 0.705. The molecule has 0 aliphatic rings. The molecule has 7 nitrogen and oxygen atoms in total. The third-order valence-corrected chi connectivity index (χ3v) is 4.61. The molecule has 0 unspecified atom stereocenters. The first-order valence-electron chi connectivity index (χ1n) is 7.63. The van der Waals surface area contributed by atoms with Crippen molar-refractivity contribution in [2.45, 2.75) is 19.9 Å². The highest BCUT2D eigenvalue weighted by molar-refractivity contribution is 7.14. The van der Waals surface area contributed by atoms with E-state index in [1.165, 1.54) is 22.2 Å². The first-order valence-corrected chi connectivity index (χ1v) is 8.45. The zero-order chi connectivity index (χ0) is 17.8. The van der Waals surface area contributed by atoms with E-state index in [9.17, 15) is 9.59 Å². The minimum Gasteiger partial charge on any atom is -0.368 e. The van der Waals surface area contributed by atoms with Crippen LogP contribution in [0.25, 0.3) is 0 Å². The number of nitrogens with two attached hydrogens (primary N) is 1. The van der Waals surface area contributed by atoms with Gasteiger partial charge in [-0.1, -0.05) is 30.3 Å². The highest BCUT2D eigenvalue weighted by Gasteiger charge is 2.16. The van der Waals surface area contributed by atoms with Crippen molar-refractivity contribution in [3.8, 4) is 0 Å². The van der Waals surface area contributed by atoms with Crippen molar-refractivity contribution in [2.24, 2.45) is 5.73 Å². The fourth-order valence-corrected chi connectivity index (χ4v) is 3.37. The van der Waals surface area contributed by atoms with Gasteiger partial charge in [0.25, 0.3) is 5.91 Å². The average molecular weight is 355 g/mol. The zero-order valence-corrected chi connectivity index (χ0v) is 14.4. The molecule has 2 heterocycles. The summed E-state index contributed by atoms with van der Waals surface area (Å²) in [5, 5.41) is 7.63. The maximum absolute atomic E-state index is 12.5. The Morgan fingerprint density at radius 1 is 1.28 bits per heavy atom. The molecule has 0 saturated heterocycles. The van der Waals surface area contributed by atoms with Crippen LogP contribution >= 0.6 is 11.3 Å². The molecule has 0 bridgehead atoms. The lowest BCUT2D eigenvalue weighted by Crippen LogP contribution is -2.18. The fourth-order valence-electron chi connectivity index (χ4n) is 2.37. The topological polar surface area (TPSA) is 103 Å². The maximum atomic E-state index is 12.5. The summed E-state index contributed by atoms with van der Waals surface area (Å²) in [4.78, 5) is 28.4. The number of aromatic nitrogens is 3. The highest BCUT2D eigenvalue weighted by Crippen LogP contribution is 2.22. The molecular weight excluding hydrogens is 338 g/mol. The van der Waals surface area contributed by atoms with Crippen molar-refractivity contribution >= 4 is 28.8 Å². The molecule has 3 rings (SSSR count). The summed E-state index contributed by atoms with van der Waals surface area (Å²) < 4.78 is 1.37. The molecule has 0 aliphatic heterocycles. The molecule has 2 aromatic heterocycles. The summed E-state index contributed by atoms with van der Waals surface area (Å²) >= 11 is 1.37. The Kier molecular flexibility index (Phi) is 4.90. The number of nitrogens with one attached hydrogen (secondary N) is 1. The van der Waals surface area contributed by atoms with Gasteiger partial charge in [0.15, 0.2) is 0 Å². The summed E-state index contributed by atoms with van der Waals surface area (Å²) in [5.41, 5.74) is 7.46. The molecule has 0 radical (unpaired) electrons. The second-order valence-electron chi connectivity index (χ2n) is 5.53. The van der Waals surface area contributed by atoms with E-state index in [4.69, 9.17) is 5.73 Å². The first kappa shape index (κ1) is 16.8. The summed E-state index contributed by atoms with van der Waals surface area (Å²) in [6, 6.07) is 9.99. The number of hydrogen-bond donors (Lipinski definition) is 2. The number of aryl methyl sites for hydroxylation is 1. The third kappa shape index (κ3) is 4.30. The van der Waals surface area contributed by atoms with E-state index in [1.807, 2.05) is 37.3 Å². The Balaban J connectivity index is 1.70. The van der Waals surface area contributed by atoms with E-state index in [2.05, 4.69) is 15.4 Å². The van der Waals surface area contributed by atoms with Gasteiger partial charge in [0.05, 0.1) is 22.6 Å². The van der Waals surface area contributed by atoms with Crippen LogP contribution in [0.5, 0.6) is 0 Å². The smallest absolute Gasteiger partial charge is 0.267 e. The van der Waals surface area contributed by atoms with E-state index >= 15 is 0 Å². The van der Waals surface area contributed by atoms with Crippen LogP contribution in [-0.4, -0.2) is 26.6 Å². The number of rotatable bonds is 6. The molecule has 25 heavy (non-hydrogen) atoms. The van der Waals surface area contributed by atoms with Crippen LogP contribution in [0.1, 0.15) is 25.9 Å². The summed E-state index contributed by atoms with van der Waals surface area (Å²) in [5.74, 6) is -0.738. The molecular formula is C17H17N5O2S. The van der Waals surface area contributed by atoms with Crippen LogP contribution in [0.2, 0.25) is 0 Å². The van der Waals surface area contributed by atoms with Crippen LogP contribution in [0, 0.1) is 6.92 Å². The number of carbonyl (C=O) groups excluding carboxylic acids is 2. The van der Waals surface area contributed by atoms with Crippen LogP contribution in [0.3, 0.4) is 0 Å². The second kappa shape index (κ2) is 7.27. The van der Waals surface area contributed by atoms with Gasteiger partial charge in [-0.25, -0.2) is 4.98 Å². The predicted octanol–water partition coefficient (Wildman–Crippen LogP) is 1.98. The Morgan fingerprint density at radius 3 is 2.76 bits per heavy atom. The highest BCUT2D eigenvalue weighted by atomic mass is 32.1. The zero-order valence-electron chi connectivity index (χ0n) is 13.6. The van der Waals surface area contributed by atoms with Crippen LogP contribution in [-0.2, 0) is 17.8 Å². The molecule has 0 spiro atoms. The van der Waals surface area contributed by atoms with Crippen molar-refractivity contribution < 1.29 is 9.59 Å². The van der Waals surface area contributed by atoms with E-state index < -0.39 is 5.91 Å². The Bertz CT molecular complexity index is 901. The number of carbonyl (C=O) groups is 2. The summed E-state index contributed by atoms with van der Waals surface area (Å²) in [6.45, 7) is 1.78.